The fraction of sp³-hybridized carbons (Fsp3) is 0.240. The molecule has 0 saturated carbocycles. The maximum atomic E-state index is 12.5. The molecule has 1 aromatic carbocycles. The van der Waals surface area contributed by atoms with E-state index in [4.69, 9.17) is 20.8 Å². The van der Waals surface area contributed by atoms with E-state index in [2.05, 4.69) is 29.0 Å². The lowest BCUT2D eigenvalue weighted by Gasteiger charge is -2.19. The standard InChI is InChI=1S/C18H15ClN4O5.C7H8/c1-9-7-11(20-14(8-9)22-5-6-27-17(22)25)10(2)23-12-3-4-13(19)21-15(12)16(24)28-18(23)26;1-7-5-3-2-4-6-7/h3-4,7-8,10H,5-6H2,1-2H3;2-6H,1H3. The Bertz CT molecular complexity index is 1500. The number of benzene rings is 1. The van der Waals surface area contributed by atoms with Crippen LogP contribution in [0.2, 0.25) is 5.15 Å². The van der Waals surface area contributed by atoms with Crippen molar-refractivity contribution >= 4 is 34.5 Å². The van der Waals surface area contributed by atoms with Gasteiger partial charge in [-0.15, -0.1) is 0 Å². The molecule has 0 bridgehead atoms. The third kappa shape index (κ3) is 5.25. The van der Waals surface area contributed by atoms with E-state index in [9.17, 15) is 14.4 Å². The largest absolute Gasteiger partial charge is 0.447 e. The van der Waals surface area contributed by atoms with Crippen LogP contribution in [0.3, 0.4) is 0 Å². The molecule has 0 spiro atoms. The Labute approximate surface area is 205 Å². The van der Waals surface area contributed by atoms with E-state index in [1.165, 1.54) is 27.2 Å². The lowest BCUT2D eigenvalue weighted by molar-refractivity contribution is 0.181. The molecule has 35 heavy (non-hydrogen) atoms. The molecular weight excluding hydrogens is 472 g/mol. The SMILES string of the molecule is Cc1cc(C(C)n2c(=O)oc(=O)c3nc(Cl)ccc32)nc(N2CCOC2=O)c1.Cc1ccccc1. The van der Waals surface area contributed by atoms with E-state index in [0.717, 1.165) is 5.56 Å². The van der Waals surface area contributed by atoms with Crippen molar-refractivity contribution in [2.75, 3.05) is 18.1 Å². The highest BCUT2D eigenvalue weighted by atomic mass is 35.5. The van der Waals surface area contributed by atoms with Gasteiger partial charge < -0.3 is 9.15 Å². The van der Waals surface area contributed by atoms with Gasteiger partial charge in [-0.2, -0.15) is 0 Å². The van der Waals surface area contributed by atoms with Gasteiger partial charge in [0.05, 0.1) is 23.8 Å². The molecule has 1 aliphatic rings. The van der Waals surface area contributed by atoms with Crippen LogP contribution in [0, 0.1) is 13.8 Å². The molecule has 0 radical (unpaired) electrons. The zero-order valence-corrected chi connectivity index (χ0v) is 20.2. The Hall–Kier alpha value is -3.98. The summed E-state index contributed by atoms with van der Waals surface area (Å²) in [6.07, 6.45) is -0.469. The van der Waals surface area contributed by atoms with E-state index in [1.807, 2.05) is 25.1 Å². The summed E-state index contributed by atoms with van der Waals surface area (Å²) in [7, 11) is 0. The van der Waals surface area contributed by atoms with Crippen LogP contribution in [0.25, 0.3) is 11.0 Å². The number of anilines is 1. The van der Waals surface area contributed by atoms with Crippen LogP contribution < -0.4 is 16.3 Å². The van der Waals surface area contributed by atoms with Crippen molar-refractivity contribution in [1.82, 2.24) is 14.5 Å². The molecule has 3 aromatic heterocycles. The molecule has 0 N–H and O–H groups in total. The van der Waals surface area contributed by atoms with Crippen LogP contribution in [0.5, 0.6) is 0 Å². The summed E-state index contributed by atoms with van der Waals surface area (Å²) in [6.45, 7) is 6.37. The lowest BCUT2D eigenvalue weighted by atomic mass is 10.1. The first kappa shape index (κ1) is 24.2. The molecule has 5 rings (SSSR count). The predicted molar refractivity (Wildman–Crippen MR) is 132 cm³/mol. The number of pyridine rings is 2. The molecule has 180 valence electrons. The third-order valence-electron chi connectivity index (χ3n) is 5.44. The number of halogens is 1. The van der Waals surface area contributed by atoms with Crippen molar-refractivity contribution in [2.45, 2.75) is 26.8 Å². The molecule has 1 saturated heterocycles. The molecule has 9 nitrogen and oxygen atoms in total. The lowest BCUT2D eigenvalue weighted by Crippen LogP contribution is -2.30. The average Bonchev–Trinajstić information content (AvgIpc) is 3.26. The maximum Gasteiger partial charge on any atom is 0.423 e. The molecule has 1 atom stereocenters. The number of aryl methyl sites for hydroxylation is 2. The second-order valence-corrected chi connectivity index (χ2v) is 8.44. The van der Waals surface area contributed by atoms with Crippen molar-refractivity contribution < 1.29 is 13.9 Å². The second kappa shape index (κ2) is 10.1. The normalized spacial score (nSPS) is 13.8. The third-order valence-corrected chi connectivity index (χ3v) is 5.65. The topological polar surface area (TPSA) is 108 Å². The van der Waals surface area contributed by atoms with Gasteiger partial charge in [-0.3, -0.25) is 9.47 Å². The number of amides is 1. The Morgan fingerprint density at radius 1 is 0.971 bits per heavy atom. The van der Waals surface area contributed by atoms with E-state index in [-0.39, 0.29) is 16.2 Å². The molecule has 1 unspecified atom stereocenters. The Morgan fingerprint density at radius 2 is 1.71 bits per heavy atom. The van der Waals surface area contributed by atoms with E-state index in [0.29, 0.717) is 24.7 Å². The van der Waals surface area contributed by atoms with Crippen LogP contribution in [-0.4, -0.2) is 33.8 Å². The van der Waals surface area contributed by atoms with Gasteiger partial charge in [0.15, 0.2) is 5.52 Å². The van der Waals surface area contributed by atoms with E-state index < -0.39 is 23.5 Å². The predicted octanol–water partition coefficient (Wildman–Crippen LogP) is 4.27. The summed E-state index contributed by atoms with van der Waals surface area (Å²) in [6, 6.07) is 16.2. The minimum atomic E-state index is -0.858. The summed E-state index contributed by atoms with van der Waals surface area (Å²) in [5, 5.41) is 0.112. The van der Waals surface area contributed by atoms with Crippen LogP contribution >= 0.6 is 11.6 Å². The summed E-state index contributed by atoms with van der Waals surface area (Å²) in [5.74, 6) is -0.403. The molecular formula is C25H23ClN4O5. The summed E-state index contributed by atoms with van der Waals surface area (Å²) in [5.41, 5.74) is 2.06. The minimum absolute atomic E-state index is 0.0463. The van der Waals surface area contributed by atoms with Crippen molar-refractivity contribution in [1.29, 1.82) is 0 Å². The Morgan fingerprint density at radius 3 is 2.34 bits per heavy atom. The van der Waals surface area contributed by atoms with Gasteiger partial charge in [-0.25, -0.2) is 24.4 Å². The smallest absolute Gasteiger partial charge is 0.423 e. The number of carbonyl (C=O) groups is 1. The quantitative estimate of drug-likeness (QED) is 0.391. The van der Waals surface area contributed by atoms with E-state index >= 15 is 0 Å². The molecule has 4 aromatic rings. The van der Waals surface area contributed by atoms with Crippen molar-refractivity contribution in [3.63, 3.8) is 0 Å². The first-order valence-corrected chi connectivity index (χ1v) is 11.3. The minimum Gasteiger partial charge on any atom is -0.447 e. The number of rotatable bonds is 3. The van der Waals surface area contributed by atoms with Gasteiger partial charge >= 0.3 is 17.5 Å². The van der Waals surface area contributed by atoms with Crippen LogP contribution in [0.4, 0.5) is 10.6 Å². The van der Waals surface area contributed by atoms with Crippen LogP contribution in [-0.2, 0) is 4.74 Å². The van der Waals surface area contributed by atoms with Crippen molar-refractivity contribution in [3.8, 4) is 0 Å². The number of carbonyl (C=O) groups excluding carboxylic acids is 1. The summed E-state index contributed by atoms with van der Waals surface area (Å²) >= 11 is 5.87. The summed E-state index contributed by atoms with van der Waals surface area (Å²) in [4.78, 5) is 46.3. The van der Waals surface area contributed by atoms with Crippen LogP contribution in [0.15, 0.2) is 68.6 Å². The first-order chi connectivity index (χ1) is 16.7. The Balaban J connectivity index is 0.000000356. The number of hydrogen-bond acceptors (Lipinski definition) is 7. The monoisotopic (exact) mass is 494 g/mol. The number of aromatic nitrogens is 3. The first-order valence-electron chi connectivity index (χ1n) is 10.9. The van der Waals surface area contributed by atoms with Gasteiger partial charge in [0.2, 0.25) is 0 Å². The molecule has 1 aliphatic heterocycles. The number of hydrogen-bond donors (Lipinski definition) is 0. The van der Waals surface area contributed by atoms with Crippen LogP contribution in [0.1, 0.15) is 29.8 Å². The van der Waals surface area contributed by atoms with Gasteiger partial charge in [0.25, 0.3) is 0 Å². The zero-order valence-electron chi connectivity index (χ0n) is 19.4. The molecule has 1 amide bonds. The fourth-order valence-electron chi connectivity index (χ4n) is 3.71. The summed E-state index contributed by atoms with van der Waals surface area (Å²) < 4.78 is 11.1. The molecule has 10 heteroatoms. The molecule has 1 fully saturated rings. The van der Waals surface area contributed by atoms with Gasteiger partial charge in [-0.05, 0) is 50.6 Å². The molecule has 4 heterocycles. The van der Waals surface area contributed by atoms with Gasteiger partial charge in [-0.1, -0.05) is 47.5 Å². The van der Waals surface area contributed by atoms with Gasteiger partial charge in [0, 0.05) is 0 Å². The molecule has 0 aliphatic carbocycles. The number of nitrogens with zero attached hydrogens (tertiary/aromatic N) is 4. The number of ether oxygens (including phenoxy) is 1. The fourth-order valence-corrected chi connectivity index (χ4v) is 3.86. The number of cyclic esters (lactones) is 1. The Kier molecular flexibility index (Phi) is 6.97. The number of fused-ring (bicyclic) bond motifs is 1. The van der Waals surface area contributed by atoms with E-state index in [1.54, 1.807) is 19.1 Å². The highest BCUT2D eigenvalue weighted by Crippen LogP contribution is 2.25. The highest BCUT2D eigenvalue weighted by Gasteiger charge is 2.26. The zero-order chi connectivity index (χ0) is 25.1. The van der Waals surface area contributed by atoms with Crippen molar-refractivity contribution in [3.05, 3.63) is 97.5 Å². The van der Waals surface area contributed by atoms with Crippen molar-refractivity contribution in [2.24, 2.45) is 0 Å². The highest BCUT2D eigenvalue weighted by molar-refractivity contribution is 6.29. The maximum absolute atomic E-state index is 12.5. The second-order valence-electron chi connectivity index (χ2n) is 8.05. The average molecular weight is 495 g/mol. The van der Waals surface area contributed by atoms with Gasteiger partial charge in [0.1, 0.15) is 17.6 Å².